The summed E-state index contributed by atoms with van der Waals surface area (Å²) in [4.78, 5) is 0. The van der Waals surface area contributed by atoms with Gasteiger partial charge >= 0.3 is 0 Å². The molecule has 1 heterocycles. The normalized spacial score (nSPS) is 12.0. The van der Waals surface area contributed by atoms with Crippen LogP contribution in [-0.4, -0.2) is 39.6 Å². The minimum absolute atomic E-state index is 0.176. The molecule has 0 atom stereocenters. The Morgan fingerprint density at radius 3 is 1.22 bits per heavy atom. The molecule has 0 unspecified atom stereocenters. The van der Waals surface area contributed by atoms with Crippen LogP contribution in [0.1, 0.15) is 56.0 Å². The molecule has 0 saturated carbocycles. The van der Waals surface area contributed by atoms with Crippen molar-refractivity contribution in [3.8, 4) is 28.7 Å². The van der Waals surface area contributed by atoms with Crippen molar-refractivity contribution in [2.75, 3.05) is 39.6 Å². The van der Waals surface area contributed by atoms with E-state index < -0.39 is 0 Å². The van der Waals surface area contributed by atoms with Gasteiger partial charge in [-0.15, -0.1) is 0 Å². The van der Waals surface area contributed by atoms with E-state index >= 15 is 0 Å². The van der Waals surface area contributed by atoms with Gasteiger partial charge in [-0.3, -0.25) is 0 Å². The molecular weight excluding hydrogens is 1090 g/mol. The molecule has 1 aliphatic rings. The third kappa shape index (κ3) is 11.7. The lowest BCUT2D eigenvalue weighted by molar-refractivity contribution is 0.0884. The van der Waals surface area contributed by atoms with E-state index in [1.54, 1.807) is 0 Å². The van der Waals surface area contributed by atoms with Gasteiger partial charge in [0.1, 0.15) is 48.6 Å². The highest BCUT2D eigenvalue weighted by Crippen LogP contribution is 2.53. The Morgan fingerprint density at radius 1 is 0.435 bits per heavy atom. The molecule has 7 nitrogen and oxygen atoms in total. The number of hydrogen-bond acceptors (Lipinski definition) is 7. The van der Waals surface area contributed by atoms with E-state index in [1.165, 1.54) is 0 Å². The standard InChI is InChI=1S/C60H52I2O7/c1-4-40-7-13-43(14-8-40)37-63-27-30-66-49-21-23-51-46(33-49)19-25-55-58(51)57(48-35-53(61)60(54(62)36-48)68-32-29-65-39-45-17-11-42(6-3)12-18-45)59-52-24-22-50(34-47(52)20-26-56(59)69-55)67-31-28-64-38-44-15-9-41(5-2)10-16-44/h4-26,33-36,57H,1-3,27-32,37-39H2. The van der Waals surface area contributed by atoms with Gasteiger partial charge in [0.25, 0.3) is 0 Å². The van der Waals surface area contributed by atoms with Gasteiger partial charge in [0.2, 0.25) is 0 Å². The summed E-state index contributed by atoms with van der Waals surface area (Å²) in [5.41, 5.74) is 9.91. The Balaban J connectivity index is 0.958. The molecule has 0 aromatic heterocycles. The molecule has 348 valence electrons. The van der Waals surface area contributed by atoms with Crippen LogP contribution in [0.25, 0.3) is 39.8 Å². The Labute approximate surface area is 431 Å². The van der Waals surface area contributed by atoms with Gasteiger partial charge in [-0.2, -0.15) is 0 Å². The maximum absolute atomic E-state index is 6.84. The van der Waals surface area contributed by atoms with Gasteiger partial charge in [-0.1, -0.05) is 135 Å². The zero-order valence-electron chi connectivity index (χ0n) is 38.3. The lowest BCUT2D eigenvalue weighted by Crippen LogP contribution is -2.14. The van der Waals surface area contributed by atoms with Gasteiger partial charge in [0.05, 0.1) is 46.8 Å². The maximum Gasteiger partial charge on any atom is 0.146 e. The van der Waals surface area contributed by atoms with Crippen LogP contribution < -0.4 is 18.9 Å². The zero-order chi connectivity index (χ0) is 47.5. The maximum atomic E-state index is 6.84. The van der Waals surface area contributed by atoms with Crippen molar-refractivity contribution in [3.05, 3.63) is 223 Å². The van der Waals surface area contributed by atoms with E-state index in [1.807, 2.05) is 66.8 Å². The molecule has 8 aromatic carbocycles. The monoisotopic (exact) mass is 1140 g/mol. The van der Waals surface area contributed by atoms with Crippen LogP contribution in [0, 0.1) is 7.14 Å². The molecule has 0 radical (unpaired) electrons. The van der Waals surface area contributed by atoms with Crippen LogP contribution in [0.4, 0.5) is 0 Å². The number of ether oxygens (including phenoxy) is 7. The van der Waals surface area contributed by atoms with Crippen molar-refractivity contribution in [2.45, 2.75) is 25.7 Å². The molecule has 69 heavy (non-hydrogen) atoms. The second-order valence-corrected chi connectivity index (χ2v) is 18.9. The van der Waals surface area contributed by atoms with Crippen LogP contribution >= 0.6 is 45.2 Å². The number of hydrogen-bond donors (Lipinski definition) is 0. The second kappa shape index (κ2) is 23.1. The molecule has 0 aliphatic carbocycles. The molecule has 1 aliphatic heterocycles. The highest BCUT2D eigenvalue weighted by Gasteiger charge is 2.33. The van der Waals surface area contributed by atoms with Gasteiger partial charge < -0.3 is 33.2 Å². The first-order chi connectivity index (χ1) is 33.9. The fourth-order valence-corrected chi connectivity index (χ4v) is 10.6. The molecule has 0 fully saturated rings. The molecule has 0 saturated heterocycles. The Hall–Kier alpha value is -5.96. The highest BCUT2D eigenvalue weighted by atomic mass is 127. The van der Waals surface area contributed by atoms with Gasteiger partial charge in [-0.25, -0.2) is 0 Å². The SMILES string of the molecule is C=Cc1ccc(COCCOc2ccc3c4c(ccc3c2)Oc2ccc3cc(OCCOCc5ccc(C=C)cc5)ccc3c2C4c2cc(I)c(OCCOCc3ccc(C=C)cc3)c(I)c2)cc1. The third-order valence-corrected chi connectivity index (χ3v) is 13.7. The molecule has 0 N–H and O–H groups in total. The predicted octanol–water partition coefficient (Wildman–Crippen LogP) is 15.2. The molecule has 0 spiro atoms. The topological polar surface area (TPSA) is 64.6 Å². The predicted molar refractivity (Wildman–Crippen MR) is 296 cm³/mol. The van der Waals surface area contributed by atoms with E-state index in [9.17, 15) is 0 Å². The van der Waals surface area contributed by atoms with Crippen molar-refractivity contribution in [1.29, 1.82) is 0 Å². The quantitative estimate of drug-likeness (QED) is 0.0495. The lowest BCUT2D eigenvalue weighted by Gasteiger charge is -2.32. The first-order valence-corrected chi connectivity index (χ1v) is 25.1. The van der Waals surface area contributed by atoms with Crippen molar-refractivity contribution >= 4 is 85.0 Å². The van der Waals surface area contributed by atoms with Crippen molar-refractivity contribution in [2.24, 2.45) is 0 Å². The van der Waals surface area contributed by atoms with Crippen LogP contribution in [0.15, 0.2) is 165 Å². The number of fused-ring (bicyclic) bond motifs is 6. The van der Waals surface area contributed by atoms with Crippen molar-refractivity contribution < 1.29 is 33.2 Å². The van der Waals surface area contributed by atoms with E-state index in [4.69, 9.17) is 33.2 Å². The number of rotatable bonds is 22. The summed E-state index contributed by atoms with van der Waals surface area (Å²) < 4.78 is 45.7. The molecule has 8 aromatic rings. The average molecular weight is 1140 g/mol. The lowest BCUT2D eigenvalue weighted by atomic mass is 9.78. The zero-order valence-corrected chi connectivity index (χ0v) is 42.6. The minimum Gasteiger partial charge on any atom is -0.491 e. The average Bonchev–Trinajstić information content (AvgIpc) is 3.38. The van der Waals surface area contributed by atoms with Crippen LogP contribution in [0.2, 0.25) is 0 Å². The summed E-state index contributed by atoms with van der Waals surface area (Å²) in [6, 6.07) is 50.1. The summed E-state index contributed by atoms with van der Waals surface area (Å²) >= 11 is 4.81. The van der Waals surface area contributed by atoms with E-state index in [0.29, 0.717) is 59.5 Å². The second-order valence-electron chi connectivity index (χ2n) is 16.6. The summed E-state index contributed by atoms with van der Waals surface area (Å²) in [5, 5.41) is 4.29. The van der Waals surface area contributed by atoms with Gasteiger partial charge in [-0.05, 0) is 154 Å². The molecule has 9 heteroatoms. The van der Waals surface area contributed by atoms with E-state index in [-0.39, 0.29) is 5.92 Å². The Bertz CT molecular complexity index is 2920. The first kappa shape index (κ1) is 48.1. The fourth-order valence-electron chi connectivity index (χ4n) is 8.52. The van der Waals surface area contributed by atoms with Gasteiger partial charge in [0.15, 0.2) is 0 Å². The molecular formula is C60H52I2O7. The molecule has 9 rings (SSSR count). The summed E-state index contributed by atoms with van der Waals surface area (Å²) in [6.07, 6.45) is 5.51. The van der Waals surface area contributed by atoms with Gasteiger partial charge in [0, 0.05) is 17.0 Å². The van der Waals surface area contributed by atoms with E-state index in [2.05, 4.69) is 162 Å². The number of halogens is 2. The molecule has 0 amide bonds. The third-order valence-electron chi connectivity index (χ3n) is 12.1. The minimum atomic E-state index is -0.176. The summed E-state index contributed by atoms with van der Waals surface area (Å²) in [5.74, 6) is 3.86. The Kier molecular flexibility index (Phi) is 16.1. The Morgan fingerprint density at radius 2 is 0.826 bits per heavy atom. The van der Waals surface area contributed by atoms with Crippen LogP contribution in [0.3, 0.4) is 0 Å². The molecule has 0 bridgehead atoms. The van der Waals surface area contributed by atoms with Crippen LogP contribution in [0.5, 0.6) is 28.7 Å². The summed E-state index contributed by atoms with van der Waals surface area (Å²) in [7, 11) is 0. The van der Waals surface area contributed by atoms with E-state index in [0.717, 1.165) is 108 Å². The smallest absolute Gasteiger partial charge is 0.146 e. The van der Waals surface area contributed by atoms with Crippen molar-refractivity contribution in [3.63, 3.8) is 0 Å². The highest BCUT2D eigenvalue weighted by molar-refractivity contribution is 14.1. The largest absolute Gasteiger partial charge is 0.491 e. The van der Waals surface area contributed by atoms with Crippen molar-refractivity contribution in [1.82, 2.24) is 0 Å². The first-order valence-electron chi connectivity index (χ1n) is 22.9. The summed E-state index contributed by atoms with van der Waals surface area (Å²) in [6.45, 7) is 15.7. The van der Waals surface area contributed by atoms with Crippen LogP contribution in [-0.2, 0) is 34.0 Å². The fraction of sp³-hybridized carbons (Fsp3) is 0.167. The number of benzene rings is 8.